The lowest BCUT2D eigenvalue weighted by Crippen LogP contribution is -2.16. The SMILES string of the molecule is OC(CCc1ccccc1)Cn1ccc2ccccc21. The quantitative estimate of drug-likeness (QED) is 0.748. The minimum Gasteiger partial charge on any atom is -0.391 e. The van der Waals surface area contributed by atoms with Crippen LogP contribution in [0.2, 0.25) is 0 Å². The largest absolute Gasteiger partial charge is 0.391 e. The minimum atomic E-state index is -0.314. The van der Waals surface area contributed by atoms with Gasteiger partial charge in [-0.05, 0) is 35.9 Å². The smallest absolute Gasteiger partial charge is 0.0722 e. The molecule has 1 heterocycles. The maximum Gasteiger partial charge on any atom is 0.0722 e. The number of aromatic nitrogens is 1. The maximum absolute atomic E-state index is 10.2. The van der Waals surface area contributed by atoms with Crippen molar-refractivity contribution in [3.63, 3.8) is 0 Å². The Kier molecular flexibility index (Phi) is 3.84. The van der Waals surface area contributed by atoms with Crippen molar-refractivity contribution in [1.82, 2.24) is 4.57 Å². The molecule has 0 radical (unpaired) electrons. The first-order valence-electron chi connectivity index (χ1n) is 7.09. The number of para-hydroxylation sites is 1. The number of hydrogen-bond donors (Lipinski definition) is 1. The fourth-order valence-corrected chi connectivity index (χ4v) is 2.60. The predicted octanol–water partition coefficient (Wildman–Crippen LogP) is 3.64. The van der Waals surface area contributed by atoms with E-state index in [1.54, 1.807) is 0 Å². The van der Waals surface area contributed by atoms with E-state index in [9.17, 15) is 5.11 Å². The highest BCUT2D eigenvalue weighted by atomic mass is 16.3. The van der Waals surface area contributed by atoms with Gasteiger partial charge in [0.2, 0.25) is 0 Å². The molecule has 2 nitrogen and oxygen atoms in total. The highest BCUT2D eigenvalue weighted by Crippen LogP contribution is 2.16. The van der Waals surface area contributed by atoms with E-state index in [0.717, 1.165) is 12.8 Å². The van der Waals surface area contributed by atoms with Crippen molar-refractivity contribution in [2.75, 3.05) is 0 Å². The third-order valence-corrected chi connectivity index (χ3v) is 3.70. The Hall–Kier alpha value is -2.06. The van der Waals surface area contributed by atoms with Gasteiger partial charge >= 0.3 is 0 Å². The van der Waals surface area contributed by atoms with E-state index in [-0.39, 0.29) is 6.10 Å². The van der Waals surface area contributed by atoms with Crippen LogP contribution in [0, 0.1) is 0 Å². The molecule has 2 aromatic carbocycles. The van der Waals surface area contributed by atoms with Gasteiger partial charge in [-0.1, -0.05) is 48.5 Å². The molecule has 0 aliphatic heterocycles. The van der Waals surface area contributed by atoms with Gasteiger partial charge in [0.1, 0.15) is 0 Å². The van der Waals surface area contributed by atoms with Gasteiger partial charge in [-0.2, -0.15) is 0 Å². The summed E-state index contributed by atoms with van der Waals surface area (Å²) in [5.74, 6) is 0. The van der Waals surface area contributed by atoms with Crippen molar-refractivity contribution in [3.05, 3.63) is 72.4 Å². The molecule has 0 bridgehead atoms. The number of aliphatic hydroxyl groups is 1. The zero-order valence-electron chi connectivity index (χ0n) is 11.4. The molecule has 3 rings (SSSR count). The summed E-state index contributed by atoms with van der Waals surface area (Å²) in [6, 6.07) is 20.7. The second-order valence-corrected chi connectivity index (χ2v) is 5.21. The zero-order valence-corrected chi connectivity index (χ0v) is 11.4. The van der Waals surface area contributed by atoms with Crippen LogP contribution in [0.4, 0.5) is 0 Å². The average molecular weight is 265 g/mol. The van der Waals surface area contributed by atoms with Crippen LogP contribution >= 0.6 is 0 Å². The van der Waals surface area contributed by atoms with Gasteiger partial charge < -0.3 is 9.67 Å². The number of fused-ring (bicyclic) bond motifs is 1. The minimum absolute atomic E-state index is 0.314. The second-order valence-electron chi connectivity index (χ2n) is 5.21. The molecule has 0 amide bonds. The average Bonchev–Trinajstić information content (AvgIpc) is 2.90. The van der Waals surface area contributed by atoms with Crippen LogP contribution < -0.4 is 0 Å². The molecule has 1 N–H and O–H groups in total. The summed E-state index contributed by atoms with van der Waals surface area (Å²) in [5.41, 5.74) is 2.47. The molecular weight excluding hydrogens is 246 g/mol. The molecule has 0 fully saturated rings. The van der Waals surface area contributed by atoms with Crippen LogP contribution in [0.3, 0.4) is 0 Å². The lowest BCUT2D eigenvalue weighted by atomic mass is 10.1. The summed E-state index contributed by atoms with van der Waals surface area (Å²) in [6.07, 6.45) is 3.44. The Bertz CT molecular complexity index is 672. The Labute approximate surface area is 119 Å². The Morgan fingerprint density at radius 2 is 1.65 bits per heavy atom. The molecule has 1 atom stereocenters. The van der Waals surface area contributed by atoms with Gasteiger partial charge in [-0.3, -0.25) is 0 Å². The number of hydrogen-bond acceptors (Lipinski definition) is 1. The first-order chi connectivity index (χ1) is 9.83. The molecule has 0 aliphatic carbocycles. The lowest BCUT2D eigenvalue weighted by molar-refractivity contribution is 0.146. The van der Waals surface area contributed by atoms with Crippen LogP contribution in [0.15, 0.2) is 66.9 Å². The van der Waals surface area contributed by atoms with Crippen LogP contribution in [-0.2, 0) is 13.0 Å². The monoisotopic (exact) mass is 265 g/mol. The molecule has 0 spiro atoms. The van der Waals surface area contributed by atoms with E-state index in [0.29, 0.717) is 6.54 Å². The van der Waals surface area contributed by atoms with Crippen molar-refractivity contribution < 1.29 is 5.11 Å². The van der Waals surface area contributed by atoms with Crippen LogP contribution in [0.1, 0.15) is 12.0 Å². The van der Waals surface area contributed by atoms with Gasteiger partial charge in [0.05, 0.1) is 6.10 Å². The van der Waals surface area contributed by atoms with Gasteiger partial charge in [0.15, 0.2) is 0 Å². The van der Waals surface area contributed by atoms with Crippen molar-refractivity contribution >= 4 is 10.9 Å². The van der Waals surface area contributed by atoms with Crippen molar-refractivity contribution in [2.45, 2.75) is 25.5 Å². The summed E-state index contributed by atoms with van der Waals surface area (Å²) in [6.45, 7) is 0.653. The summed E-state index contributed by atoms with van der Waals surface area (Å²) in [4.78, 5) is 0. The molecule has 102 valence electrons. The first-order valence-corrected chi connectivity index (χ1v) is 7.09. The number of aryl methyl sites for hydroxylation is 1. The standard InChI is InChI=1S/C18H19NO/c20-17(11-10-15-6-2-1-3-7-15)14-19-13-12-16-8-4-5-9-18(16)19/h1-9,12-13,17,20H,10-11,14H2. The number of benzene rings is 2. The van der Waals surface area contributed by atoms with E-state index < -0.39 is 0 Å². The molecule has 0 saturated heterocycles. The normalized spacial score (nSPS) is 12.7. The van der Waals surface area contributed by atoms with Gasteiger partial charge in [0.25, 0.3) is 0 Å². The first kappa shape index (κ1) is 12.9. The number of nitrogens with zero attached hydrogens (tertiary/aromatic N) is 1. The summed E-state index contributed by atoms with van der Waals surface area (Å²) in [7, 11) is 0. The van der Waals surface area contributed by atoms with E-state index in [1.165, 1.54) is 16.5 Å². The Morgan fingerprint density at radius 1 is 0.900 bits per heavy atom. The lowest BCUT2D eigenvalue weighted by Gasteiger charge is -2.12. The van der Waals surface area contributed by atoms with Crippen molar-refractivity contribution in [3.8, 4) is 0 Å². The summed E-state index contributed by atoms with van der Waals surface area (Å²) >= 11 is 0. The van der Waals surface area contributed by atoms with Crippen molar-refractivity contribution in [2.24, 2.45) is 0 Å². The number of aliphatic hydroxyl groups excluding tert-OH is 1. The zero-order chi connectivity index (χ0) is 13.8. The maximum atomic E-state index is 10.2. The Balaban J connectivity index is 1.63. The summed E-state index contributed by atoms with van der Waals surface area (Å²) in [5, 5.41) is 11.4. The molecule has 3 aromatic rings. The number of rotatable bonds is 5. The molecule has 20 heavy (non-hydrogen) atoms. The fourth-order valence-electron chi connectivity index (χ4n) is 2.60. The van der Waals surface area contributed by atoms with Crippen LogP contribution in [-0.4, -0.2) is 15.8 Å². The van der Waals surface area contributed by atoms with Crippen LogP contribution in [0.25, 0.3) is 10.9 Å². The molecular formula is C18H19NO. The molecule has 1 aromatic heterocycles. The van der Waals surface area contributed by atoms with Gasteiger partial charge in [-0.25, -0.2) is 0 Å². The van der Waals surface area contributed by atoms with E-state index in [4.69, 9.17) is 0 Å². The van der Waals surface area contributed by atoms with E-state index >= 15 is 0 Å². The topological polar surface area (TPSA) is 25.2 Å². The highest BCUT2D eigenvalue weighted by molar-refractivity contribution is 5.79. The third kappa shape index (κ3) is 2.91. The van der Waals surface area contributed by atoms with Gasteiger partial charge in [-0.15, -0.1) is 0 Å². The fraction of sp³-hybridized carbons (Fsp3) is 0.222. The highest BCUT2D eigenvalue weighted by Gasteiger charge is 2.07. The van der Waals surface area contributed by atoms with Gasteiger partial charge in [0, 0.05) is 18.3 Å². The summed E-state index contributed by atoms with van der Waals surface area (Å²) < 4.78 is 2.13. The predicted molar refractivity (Wildman–Crippen MR) is 82.7 cm³/mol. The van der Waals surface area contributed by atoms with E-state index in [2.05, 4.69) is 41.1 Å². The second kappa shape index (κ2) is 5.93. The molecule has 0 aliphatic rings. The molecule has 1 unspecified atom stereocenters. The third-order valence-electron chi connectivity index (χ3n) is 3.70. The van der Waals surface area contributed by atoms with E-state index in [1.807, 2.05) is 30.3 Å². The molecule has 0 saturated carbocycles. The molecule has 2 heteroatoms. The van der Waals surface area contributed by atoms with Crippen molar-refractivity contribution in [1.29, 1.82) is 0 Å². The van der Waals surface area contributed by atoms with Crippen LogP contribution in [0.5, 0.6) is 0 Å². The Morgan fingerprint density at radius 3 is 2.50 bits per heavy atom.